The molecule has 8 heteroatoms. The molecule has 2 aliphatic rings. The van der Waals surface area contributed by atoms with E-state index in [1.807, 2.05) is 31.2 Å². The van der Waals surface area contributed by atoms with Gasteiger partial charge in [-0.3, -0.25) is 9.36 Å². The molecule has 1 aromatic heterocycles. The fraction of sp³-hybridized carbons (Fsp3) is 0.360. The van der Waals surface area contributed by atoms with E-state index in [2.05, 4.69) is 6.07 Å². The summed E-state index contributed by atoms with van der Waals surface area (Å²) in [6.07, 6.45) is 1.77. The number of aromatic nitrogens is 2. The first-order valence-corrected chi connectivity index (χ1v) is 11.2. The molecule has 0 N–H and O–H groups in total. The zero-order valence-electron chi connectivity index (χ0n) is 18.4. The molecule has 2 fully saturated rings. The number of rotatable bonds is 5. The molecule has 2 aromatic carbocycles. The number of hydrogen-bond acceptors (Lipinski definition) is 6. The van der Waals surface area contributed by atoms with Gasteiger partial charge in [0.1, 0.15) is 24.3 Å². The van der Waals surface area contributed by atoms with Gasteiger partial charge in [-0.05, 0) is 35.9 Å². The number of nitriles is 1. The highest BCUT2D eigenvalue weighted by molar-refractivity contribution is 5.79. The molecule has 168 valence electrons. The third-order valence-corrected chi connectivity index (χ3v) is 6.35. The van der Waals surface area contributed by atoms with Crippen LogP contribution in [-0.4, -0.2) is 45.8 Å². The normalized spacial score (nSPS) is 19.8. The Morgan fingerprint density at radius 2 is 2.03 bits per heavy atom. The van der Waals surface area contributed by atoms with Crippen LogP contribution in [0.3, 0.4) is 0 Å². The van der Waals surface area contributed by atoms with Crippen LogP contribution in [0.1, 0.15) is 36.7 Å². The van der Waals surface area contributed by atoms with Gasteiger partial charge < -0.3 is 14.4 Å². The minimum atomic E-state index is -0.246. The Morgan fingerprint density at radius 3 is 2.79 bits per heavy atom. The van der Waals surface area contributed by atoms with E-state index in [0.29, 0.717) is 60.6 Å². The highest BCUT2D eigenvalue weighted by Crippen LogP contribution is 2.28. The van der Waals surface area contributed by atoms with Gasteiger partial charge in [0.2, 0.25) is 0 Å². The summed E-state index contributed by atoms with van der Waals surface area (Å²) in [6, 6.07) is 14.8. The van der Waals surface area contributed by atoms with Crippen molar-refractivity contribution in [3.63, 3.8) is 0 Å². The molecule has 0 unspecified atom stereocenters. The van der Waals surface area contributed by atoms with Crippen molar-refractivity contribution in [1.29, 1.82) is 5.26 Å². The molecular weight excluding hydrogens is 420 g/mol. The first-order chi connectivity index (χ1) is 16.1. The van der Waals surface area contributed by atoms with E-state index in [4.69, 9.17) is 19.7 Å². The maximum atomic E-state index is 13.4. The number of carbonyl (C=O) groups excluding carboxylic acids is 1. The van der Waals surface area contributed by atoms with Crippen molar-refractivity contribution in [3.05, 3.63) is 69.8 Å². The molecule has 33 heavy (non-hydrogen) atoms. The van der Waals surface area contributed by atoms with Crippen molar-refractivity contribution in [2.24, 2.45) is 0 Å². The number of aryl methyl sites for hydroxylation is 1. The van der Waals surface area contributed by atoms with Gasteiger partial charge in [-0.25, -0.2) is 9.78 Å². The van der Waals surface area contributed by atoms with Crippen molar-refractivity contribution in [1.82, 2.24) is 14.5 Å². The molecule has 0 spiro atoms. The van der Waals surface area contributed by atoms with Gasteiger partial charge in [-0.1, -0.05) is 19.1 Å². The Balaban J connectivity index is 1.42. The summed E-state index contributed by atoms with van der Waals surface area (Å²) in [5.74, 6) is 1.34. The summed E-state index contributed by atoms with van der Waals surface area (Å²) < 4.78 is 13.0. The average molecular weight is 444 g/mol. The van der Waals surface area contributed by atoms with Gasteiger partial charge in [-0.2, -0.15) is 5.26 Å². The summed E-state index contributed by atoms with van der Waals surface area (Å²) in [4.78, 5) is 31.6. The van der Waals surface area contributed by atoms with Crippen molar-refractivity contribution in [2.45, 2.75) is 44.9 Å². The fourth-order valence-electron chi connectivity index (χ4n) is 4.58. The Morgan fingerprint density at radius 1 is 1.21 bits per heavy atom. The lowest BCUT2D eigenvalue weighted by Crippen LogP contribution is -2.44. The lowest BCUT2D eigenvalue weighted by atomic mass is 10.0. The summed E-state index contributed by atoms with van der Waals surface area (Å²) in [7, 11) is 0. The number of cyclic esters (lactones) is 1. The number of fused-ring (bicyclic) bond motifs is 2. The van der Waals surface area contributed by atoms with Crippen molar-refractivity contribution >= 4 is 17.0 Å². The minimum absolute atomic E-state index is 0.0399. The molecule has 3 aromatic rings. The number of carbonyl (C=O) groups is 1. The molecule has 2 saturated heterocycles. The van der Waals surface area contributed by atoms with Gasteiger partial charge >= 0.3 is 6.09 Å². The van der Waals surface area contributed by atoms with Crippen LogP contribution in [0.15, 0.2) is 47.3 Å². The topological polar surface area (TPSA) is 97.4 Å². The Labute approximate surface area is 191 Å². The zero-order valence-corrected chi connectivity index (χ0v) is 18.4. The highest BCUT2D eigenvalue weighted by Gasteiger charge is 2.38. The van der Waals surface area contributed by atoms with Crippen LogP contribution >= 0.6 is 0 Å². The van der Waals surface area contributed by atoms with E-state index in [-0.39, 0.29) is 23.8 Å². The smallest absolute Gasteiger partial charge is 0.410 e. The molecule has 0 aliphatic carbocycles. The molecule has 0 saturated carbocycles. The molecule has 0 bridgehead atoms. The quantitative estimate of drug-likeness (QED) is 0.599. The Kier molecular flexibility index (Phi) is 5.47. The molecule has 3 heterocycles. The van der Waals surface area contributed by atoms with E-state index in [9.17, 15) is 9.59 Å². The standard InChI is InChI=1S/C25H24N4O4/c1-2-23-27-22-8-7-19(33-20-9-10-28-18(11-20)15-32-25(28)31)12-21(22)24(30)29(23)14-17-5-3-16(13-26)4-6-17/h3-8,12,18,20H,2,9-11,14-15H2,1H3/t18-,20-/m0/s1. The predicted octanol–water partition coefficient (Wildman–Crippen LogP) is 3.24. The van der Waals surface area contributed by atoms with Crippen LogP contribution in [-0.2, 0) is 17.7 Å². The van der Waals surface area contributed by atoms with Gasteiger partial charge in [0, 0.05) is 25.8 Å². The Hall–Kier alpha value is -3.86. The van der Waals surface area contributed by atoms with Crippen LogP contribution in [0.4, 0.5) is 4.79 Å². The second-order valence-electron chi connectivity index (χ2n) is 8.45. The Bertz CT molecular complexity index is 1310. The third-order valence-electron chi connectivity index (χ3n) is 6.35. The van der Waals surface area contributed by atoms with E-state index in [1.165, 1.54) is 0 Å². The van der Waals surface area contributed by atoms with Crippen molar-refractivity contribution < 1.29 is 14.3 Å². The third kappa shape index (κ3) is 4.02. The molecule has 5 rings (SSSR count). The maximum Gasteiger partial charge on any atom is 0.410 e. The molecule has 2 aliphatic heterocycles. The number of hydrogen-bond donors (Lipinski definition) is 0. The minimum Gasteiger partial charge on any atom is -0.490 e. The molecule has 0 radical (unpaired) electrons. The van der Waals surface area contributed by atoms with E-state index >= 15 is 0 Å². The number of piperidine rings is 1. The fourth-order valence-corrected chi connectivity index (χ4v) is 4.58. The summed E-state index contributed by atoms with van der Waals surface area (Å²) in [6.45, 7) is 3.38. The number of benzene rings is 2. The van der Waals surface area contributed by atoms with E-state index < -0.39 is 0 Å². The van der Waals surface area contributed by atoms with Crippen LogP contribution < -0.4 is 10.3 Å². The van der Waals surface area contributed by atoms with Gasteiger partial charge in [0.05, 0.1) is 35.1 Å². The predicted molar refractivity (Wildman–Crippen MR) is 121 cm³/mol. The van der Waals surface area contributed by atoms with Crippen molar-refractivity contribution in [3.8, 4) is 11.8 Å². The van der Waals surface area contributed by atoms with Gasteiger partial charge in [-0.15, -0.1) is 0 Å². The second-order valence-corrected chi connectivity index (χ2v) is 8.45. The first-order valence-electron chi connectivity index (χ1n) is 11.2. The molecule has 2 atom stereocenters. The summed E-state index contributed by atoms with van der Waals surface area (Å²) >= 11 is 0. The number of nitrogens with zero attached hydrogens (tertiary/aromatic N) is 4. The van der Waals surface area contributed by atoms with Gasteiger partial charge in [0.25, 0.3) is 5.56 Å². The van der Waals surface area contributed by atoms with Crippen LogP contribution in [0.2, 0.25) is 0 Å². The van der Waals surface area contributed by atoms with Crippen LogP contribution in [0, 0.1) is 11.3 Å². The zero-order chi connectivity index (χ0) is 22.9. The SMILES string of the molecule is CCc1nc2ccc(O[C@H]3CCN4C(=O)OC[C@@H]4C3)cc2c(=O)n1Cc1ccc(C#N)cc1. The van der Waals surface area contributed by atoms with Gasteiger partial charge in [0.15, 0.2) is 0 Å². The first kappa shape index (κ1) is 21.0. The van der Waals surface area contributed by atoms with Crippen molar-refractivity contribution in [2.75, 3.05) is 13.2 Å². The second kappa shape index (κ2) is 8.58. The van der Waals surface area contributed by atoms with E-state index in [0.717, 1.165) is 12.0 Å². The summed E-state index contributed by atoms with van der Waals surface area (Å²) in [5, 5.41) is 9.52. The molecular formula is C25H24N4O4. The molecule has 1 amide bonds. The number of amides is 1. The van der Waals surface area contributed by atoms with Crippen LogP contribution in [0.5, 0.6) is 5.75 Å². The van der Waals surface area contributed by atoms with E-state index in [1.54, 1.807) is 27.7 Å². The number of ether oxygens (including phenoxy) is 2. The molecule has 8 nitrogen and oxygen atoms in total. The summed E-state index contributed by atoms with van der Waals surface area (Å²) in [5.41, 5.74) is 2.04. The van der Waals surface area contributed by atoms with Crippen LogP contribution in [0.25, 0.3) is 10.9 Å². The maximum absolute atomic E-state index is 13.4. The average Bonchev–Trinajstić information content (AvgIpc) is 3.21. The largest absolute Gasteiger partial charge is 0.490 e. The monoisotopic (exact) mass is 444 g/mol. The lowest BCUT2D eigenvalue weighted by Gasteiger charge is -2.32. The highest BCUT2D eigenvalue weighted by atomic mass is 16.6. The lowest BCUT2D eigenvalue weighted by molar-refractivity contribution is 0.0937.